The number of hydrogen-bond acceptors (Lipinski definition) is 7. The van der Waals surface area contributed by atoms with Crippen LogP contribution in [0.1, 0.15) is 37.1 Å². The minimum atomic E-state index is -2.58. The second-order valence-electron chi connectivity index (χ2n) is 6.82. The Kier molecular flexibility index (Phi) is 4.93. The van der Waals surface area contributed by atoms with E-state index in [1.165, 1.54) is 11.1 Å². The van der Waals surface area contributed by atoms with Gasteiger partial charge >= 0.3 is 0 Å². The van der Waals surface area contributed by atoms with E-state index >= 15 is 0 Å². The van der Waals surface area contributed by atoms with Crippen LogP contribution in [0.4, 0.5) is 14.6 Å². The number of aryl methyl sites for hydroxylation is 1. The van der Waals surface area contributed by atoms with Gasteiger partial charge in [0.25, 0.3) is 5.95 Å². The van der Waals surface area contributed by atoms with Crippen molar-refractivity contribution in [3.05, 3.63) is 42.4 Å². The van der Waals surface area contributed by atoms with E-state index in [0.717, 1.165) is 5.69 Å². The standard InChI is InChI=1S/C18H20F2N6O2/c1-12-4-7-26(25-12)17-23-15(22-13-2-5-18(19,20)6-3-13)8-16(24-17)27-10-14-9-21-11-28-14/h4,7-9,11,13H,2-3,5-6,10H2,1H3,(H,22,23,24). The second kappa shape index (κ2) is 7.53. The summed E-state index contributed by atoms with van der Waals surface area (Å²) < 4.78 is 39.2. The Morgan fingerprint density at radius 2 is 2.14 bits per heavy atom. The van der Waals surface area contributed by atoms with Crippen LogP contribution in [0.3, 0.4) is 0 Å². The molecule has 1 N–H and O–H groups in total. The summed E-state index contributed by atoms with van der Waals surface area (Å²) in [5, 5.41) is 7.55. The zero-order chi connectivity index (χ0) is 19.6. The maximum absolute atomic E-state index is 13.4. The average Bonchev–Trinajstić information content (AvgIpc) is 3.33. The molecule has 0 unspecified atom stereocenters. The molecule has 0 radical (unpaired) electrons. The van der Waals surface area contributed by atoms with Crippen molar-refractivity contribution in [2.75, 3.05) is 5.32 Å². The van der Waals surface area contributed by atoms with Crippen molar-refractivity contribution in [1.82, 2.24) is 24.7 Å². The number of alkyl halides is 2. The van der Waals surface area contributed by atoms with Crippen LogP contribution in [0.25, 0.3) is 5.95 Å². The summed E-state index contributed by atoms with van der Waals surface area (Å²) in [7, 11) is 0. The highest BCUT2D eigenvalue weighted by molar-refractivity contribution is 5.42. The van der Waals surface area contributed by atoms with Crippen molar-refractivity contribution in [2.24, 2.45) is 0 Å². The van der Waals surface area contributed by atoms with Gasteiger partial charge in [-0.2, -0.15) is 15.1 Å². The molecule has 3 heterocycles. The first kappa shape index (κ1) is 18.3. The molecule has 8 nitrogen and oxygen atoms in total. The zero-order valence-electron chi connectivity index (χ0n) is 15.3. The second-order valence-corrected chi connectivity index (χ2v) is 6.82. The van der Waals surface area contributed by atoms with Crippen LogP contribution < -0.4 is 10.1 Å². The number of anilines is 1. The van der Waals surface area contributed by atoms with Crippen LogP contribution >= 0.6 is 0 Å². The van der Waals surface area contributed by atoms with E-state index in [9.17, 15) is 8.78 Å². The molecule has 3 aromatic heterocycles. The Morgan fingerprint density at radius 1 is 1.32 bits per heavy atom. The highest BCUT2D eigenvalue weighted by atomic mass is 19.3. The summed E-state index contributed by atoms with van der Waals surface area (Å²) in [6, 6.07) is 3.40. The molecule has 1 fully saturated rings. The van der Waals surface area contributed by atoms with E-state index < -0.39 is 5.92 Å². The maximum Gasteiger partial charge on any atom is 0.255 e. The third kappa shape index (κ3) is 4.44. The first-order chi connectivity index (χ1) is 13.5. The van der Waals surface area contributed by atoms with E-state index in [4.69, 9.17) is 9.15 Å². The molecule has 0 bridgehead atoms. The summed E-state index contributed by atoms with van der Waals surface area (Å²) in [5.74, 6) is -0.877. The van der Waals surface area contributed by atoms with Crippen molar-refractivity contribution in [3.63, 3.8) is 0 Å². The fourth-order valence-electron chi connectivity index (χ4n) is 3.04. The number of nitrogens with one attached hydrogen (secondary N) is 1. The Balaban J connectivity index is 1.54. The molecule has 28 heavy (non-hydrogen) atoms. The predicted molar refractivity (Wildman–Crippen MR) is 95.6 cm³/mol. The maximum atomic E-state index is 13.4. The van der Waals surface area contributed by atoms with Gasteiger partial charge in [-0.25, -0.2) is 18.4 Å². The quantitative estimate of drug-likeness (QED) is 0.688. The van der Waals surface area contributed by atoms with Crippen molar-refractivity contribution in [1.29, 1.82) is 0 Å². The SMILES string of the molecule is Cc1ccn(-c2nc(NC3CCC(F)(F)CC3)cc(OCc3cnco3)n2)n1. The molecule has 0 saturated heterocycles. The lowest BCUT2D eigenvalue weighted by atomic mass is 9.92. The molecular formula is C18H20F2N6O2. The summed E-state index contributed by atoms with van der Waals surface area (Å²) >= 11 is 0. The number of rotatable bonds is 6. The largest absolute Gasteiger partial charge is 0.469 e. The number of oxazole rings is 1. The minimum absolute atomic E-state index is 0.0798. The van der Waals surface area contributed by atoms with Gasteiger partial charge in [0.2, 0.25) is 11.8 Å². The molecule has 0 spiro atoms. The van der Waals surface area contributed by atoms with Gasteiger partial charge in [-0.1, -0.05) is 0 Å². The number of halogens is 2. The van der Waals surface area contributed by atoms with Crippen molar-refractivity contribution in [2.45, 2.75) is 51.2 Å². The van der Waals surface area contributed by atoms with E-state index in [0.29, 0.717) is 36.2 Å². The Bertz CT molecular complexity index is 918. The number of nitrogens with zero attached hydrogens (tertiary/aromatic N) is 5. The number of ether oxygens (including phenoxy) is 1. The van der Waals surface area contributed by atoms with Crippen molar-refractivity contribution >= 4 is 5.82 Å². The van der Waals surface area contributed by atoms with E-state index in [1.54, 1.807) is 18.5 Å². The normalized spacial score (nSPS) is 16.8. The smallest absolute Gasteiger partial charge is 0.255 e. The van der Waals surface area contributed by atoms with Gasteiger partial charge in [-0.05, 0) is 25.8 Å². The third-order valence-electron chi connectivity index (χ3n) is 4.53. The molecule has 0 aromatic carbocycles. The van der Waals surface area contributed by atoms with Crippen LogP contribution in [0.5, 0.6) is 5.88 Å². The summed E-state index contributed by atoms with van der Waals surface area (Å²) in [4.78, 5) is 12.7. The fraction of sp³-hybridized carbons (Fsp3) is 0.444. The number of aromatic nitrogens is 5. The molecule has 0 aliphatic heterocycles. The molecule has 4 rings (SSSR count). The molecule has 10 heteroatoms. The molecule has 0 amide bonds. The fourth-order valence-corrected chi connectivity index (χ4v) is 3.04. The molecular weight excluding hydrogens is 370 g/mol. The van der Waals surface area contributed by atoms with E-state index in [1.807, 2.05) is 13.0 Å². The molecule has 1 aliphatic carbocycles. The zero-order valence-corrected chi connectivity index (χ0v) is 15.3. The van der Waals surface area contributed by atoms with Crippen LogP contribution in [-0.4, -0.2) is 36.7 Å². The lowest BCUT2D eigenvalue weighted by molar-refractivity contribution is -0.0361. The van der Waals surface area contributed by atoms with Gasteiger partial charge in [0.15, 0.2) is 12.2 Å². The van der Waals surface area contributed by atoms with Gasteiger partial charge in [0.05, 0.1) is 11.9 Å². The van der Waals surface area contributed by atoms with Gasteiger partial charge in [0, 0.05) is 31.1 Å². The third-order valence-corrected chi connectivity index (χ3v) is 4.53. The highest BCUT2D eigenvalue weighted by Gasteiger charge is 2.35. The van der Waals surface area contributed by atoms with Gasteiger partial charge in [0.1, 0.15) is 12.4 Å². The average molecular weight is 390 g/mol. The lowest BCUT2D eigenvalue weighted by Gasteiger charge is -2.29. The Labute approximate surface area is 160 Å². The van der Waals surface area contributed by atoms with E-state index in [2.05, 4.69) is 25.4 Å². The van der Waals surface area contributed by atoms with Crippen LogP contribution in [-0.2, 0) is 6.61 Å². The van der Waals surface area contributed by atoms with E-state index in [-0.39, 0.29) is 25.5 Å². The van der Waals surface area contributed by atoms with Crippen LogP contribution in [0.2, 0.25) is 0 Å². The Hall–Kier alpha value is -3.04. The van der Waals surface area contributed by atoms with Gasteiger partial charge in [-0.15, -0.1) is 0 Å². The van der Waals surface area contributed by atoms with Gasteiger partial charge < -0.3 is 14.5 Å². The summed E-state index contributed by atoms with van der Waals surface area (Å²) in [6.07, 6.45) is 5.12. The first-order valence-corrected chi connectivity index (χ1v) is 9.03. The molecule has 3 aromatic rings. The lowest BCUT2D eigenvalue weighted by Crippen LogP contribution is -2.32. The summed E-state index contributed by atoms with van der Waals surface area (Å²) in [5.41, 5.74) is 0.820. The molecule has 0 atom stereocenters. The minimum Gasteiger partial charge on any atom is -0.469 e. The van der Waals surface area contributed by atoms with Crippen LogP contribution in [0, 0.1) is 6.92 Å². The Morgan fingerprint density at radius 3 is 2.82 bits per heavy atom. The monoisotopic (exact) mass is 390 g/mol. The number of hydrogen-bond donors (Lipinski definition) is 1. The summed E-state index contributed by atoms with van der Waals surface area (Å²) in [6.45, 7) is 2.02. The first-order valence-electron chi connectivity index (χ1n) is 9.03. The highest BCUT2D eigenvalue weighted by Crippen LogP contribution is 2.34. The molecule has 148 valence electrons. The van der Waals surface area contributed by atoms with Crippen molar-refractivity contribution < 1.29 is 17.9 Å². The van der Waals surface area contributed by atoms with Gasteiger partial charge in [-0.3, -0.25) is 0 Å². The molecule has 1 saturated carbocycles. The topological polar surface area (TPSA) is 90.9 Å². The van der Waals surface area contributed by atoms with Crippen molar-refractivity contribution in [3.8, 4) is 11.8 Å². The molecule has 1 aliphatic rings. The predicted octanol–water partition coefficient (Wildman–Crippen LogP) is 3.53. The van der Waals surface area contributed by atoms with Crippen LogP contribution in [0.15, 0.2) is 35.3 Å².